The van der Waals surface area contributed by atoms with Crippen LogP contribution in [-0.2, 0) is 25.9 Å². The fraction of sp³-hybridized carbons (Fsp3) is 0.167. The molecule has 0 saturated heterocycles. The summed E-state index contributed by atoms with van der Waals surface area (Å²) in [5, 5.41) is 8.51. The first-order chi connectivity index (χ1) is 23.5. The Morgan fingerprint density at radius 3 is 1.96 bits per heavy atom. The Bertz CT molecular complexity index is 2210. The lowest BCUT2D eigenvalue weighted by atomic mass is 10.0. The molecule has 6 nitrogen and oxygen atoms in total. The van der Waals surface area contributed by atoms with Crippen molar-refractivity contribution in [3.8, 4) is 5.75 Å². The van der Waals surface area contributed by atoms with Crippen LogP contribution in [0.3, 0.4) is 0 Å². The van der Waals surface area contributed by atoms with E-state index >= 15 is 0 Å². The number of nitrogens with one attached hydrogen (secondary N) is 2. The molecule has 0 radical (unpaired) electrons. The van der Waals surface area contributed by atoms with Gasteiger partial charge in [-0.15, -0.1) is 0 Å². The number of hydrogen-bond donors (Lipinski definition) is 2. The van der Waals surface area contributed by atoms with Gasteiger partial charge >= 0.3 is 0 Å². The topological polar surface area (TPSA) is 72.0 Å². The van der Waals surface area contributed by atoms with Gasteiger partial charge in [-0.2, -0.15) is 0 Å². The van der Waals surface area contributed by atoms with E-state index in [0.29, 0.717) is 6.61 Å². The van der Waals surface area contributed by atoms with Crippen molar-refractivity contribution in [2.45, 2.75) is 46.6 Å². The number of anilines is 4. The van der Waals surface area contributed by atoms with Gasteiger partial charge in [-0.3, -0.25) is 9.97 Å². The third kappa shape index (κ3) is 6.98. The van der Waals surface area contributed by atoms with Crippen molar-refractivity contribution in [3.63, 3.8) is 0 Å². The van der Waals surface area contributed by atoms with Crippen LogP contribution < -0.4 is 15.4 Å². The molecule has 0 aliphatic rings. The van der Waals surface area contributed by atoms with Crippen molar-refractivity contribution in [2.24, 2.45) is 0 Å². The first kappa shape index (κ1) is 30.9. The average Bonchev–Trinajstić information content (AvgIpc) is 3.11. The Morgan fingerprint density at radius 2 is 1.23 bits per heavy atom. The van der Waals surface area contributed by atoms with Gasteiger partial charge in [-0.05, 0) is 104 Å². The summed E-state index contributed by atoms with van der Waals surface area (Å²) in [6.07, 6.45) is 2.59. The van der Waals surface area contributed by atoms with Crippen molar-refractivity contribution >= 4 is 44.7 Å². The van der Waals surface area contributed by atoms with Gasteiger partial charge in [0.1, 0.15) is 17.9 Å². The second-order valence-corrected chi connectivity index (χ2v) is 12.2. The summed E-state index contributed by atoms with van der Waals surface area (Å²) in [5.74, 6) is 0.816. The minimum Gasteiger partial charge on any atom is -0.489 e. The zero-order valence-electron chi connectivity index (χ0n) is 27.6. The highest BCUT2D eigenvalue weighted by molar-refractivity contribution is 5.94. The molecule has 0 spiro atoms. The molecule has 0 saturated carbocycles. The van der Waals surface area contributed by atoms with Gasteiger partial charge in [0.2, 0.25) is 0 Å². The number of para-hydroxylation sites is 2. The summed E-state index contributed by atoms with van der Waals surface area (Å²) in [6.45, 7) is 6.70. The molecule has 6 heteroatoms. The van der Waals surface area contributed by atoms with Crippen molar-refractivity contribution in [1.82, 2.24) is 15.0 Å². The largest absolute Gasteiger partial charge is 0.489 e. The van der Waals surface area contributed by atoms with Crippen molar-refractivity contribution in [2.75, 3.05) is 10.6 Å². The van der Waals surface area contributed by atoms with E-state index in [0.717, 1.165) is 92.3 Å². The molecule has 0 aliphatic heterocycles. The number of hydrogen-bond acceptors (Lipinski definition) is 6. The molecule has 3 aromatic heterocycles. The molecule has 0 aliphatic carbocycles. The van der Waals surface area contributed by atoms with Crippen LogP contribution in [0.4, 0.5) is 22.7 Å². The maximum atomic E-state index is 6.17. The van der Waals surface area contributed by atoms with Crippen LogP contribution in [0.2, 0.25) is 0 Å². The molecule has 0 unspecified atom stereocenters. The highest BCUT2D eigenvalue weighted by Gasteiger charge is 2.13. The number of aromatic nitrogens is 3. The predicted octanol–water partition coefficient (Wildman–Crippen LogP) is 10.2. The zero-order valence-corrected chi connectivity index (χ0v) is 27.6. The fourth-order valence-electron chi connectivity index (χ4n) is 6.09. The number of benzene rings is 4. The van der Waals surface area contributed by atoms with E-state index in [-0.39, 0.29) is 0 Å². The Labute approximate surface area is 281 Å². The van der Waals surface area contributed by atoms with Gasteiger partial charge in [0.25, 0.3) is 0 Å². The first-order valence-electron chi connectivity index (χ1n) is 16.6. The number of fused-ring (bicyclic) bond motifs is 2. The second-order valence-electron chi connectivity index (χ2n) is 12.2. The molecule has 0 fully saturated rings. The van der Waals surface area contributed by atoms with E-state index < -0.39 is 0 Å². The number of rotatable bonds is 11. The molecule has 0 atom stereocenters. The lowest BCUT2D eigenvalue weighted by Crippen LogP contribution is -2.03. The van der Waals surface area contributed by atoms with Gasteiger partial charge in [0.15, 0.2) is 0 Å². The van der Waals surface area contributed by atoms with E-state index in [9.17, 15) is 0 Å². The molecule has 7 rings (SSSR count). The molecule has 4 aromatic carbocycles. The summed E-state index contributed by atoms with van der Waals surface area (Å²) in [4.78, 5) is 14.4. The molecular formula is C42H39N5O. The van der Waals surface area contributed by atoms with Gasteiger partial charge < -0.3 is 15.4 Å². The lowest BCUT2D eigenvalue weighted by molar-refractivity contribution is 0.306. The van der Waals surface area contributed by atoms with Crippen LogP contribution in [0.1, 0.15) is 40.7 Å². The van der Waals surface area contributed by atoms with Gasteiger partial charge in [0.05, 0.1) is 16.7 Å². The fourth-order valence-corrected chi connectivity index (χ4v) is 6.09. The number of pyridine rings is 3. The molecule has 238 valence electrons. The van der Waals surface area contributed by atoms with Crippen molar-refractivity contribution < 1.29 is 4.74 Å². The van der Waals surface area contributed by atoms with E-state index in [4.69, 9.17) is 19.7 Å². The van der Waals surface area contributed by atoms with E-state index in [1.165, 1.54) is 11.1 Å². The predicted molar refractivity (Wildman–Crippen MR) is 198 cm³/mol. The van der Waals surface area contributed by atoms with Crippen LogP contribution in [0.5, 0.6) is 5.75 Å². The third-order valence-electron chi connectivity index (χ3n) is 8.60. The average molecular weight is 630 g/mol. The van der Waals surface area contributed by atoms with Gasteiger partial charge in [0, 0.05) is 39.5 Å². The molecule has 0 amide bonds. The van der Waals surface area contributed by atoms with Crippen molar-refractivity contribution in [3.05, 3.63) is 155 Å². The lowest BCUT2D eigenvalue weighted by Gasteiger charge is -2.17. The van der Waals surface area contributed by atoms with Crippen LogP contribution in [0.15, 0.2) is 121 Å². The van der Waals surface area contributed by atoms with Crippen LogP contribution in [0.25, 0.3) is 21.9 Å². The molecule has 7 aromatic rings. The monoisotopic (exact) mass is 629 g/mol. The summed E-state index contributed by atoms with van der Waals surface area (Å²) in [7, 11) is 0. The quantitative estimate of drug-likeness (QED) is 0.148. The zero-order chi connectivity index (χ0) is 32.9. The Balaban J connectivity index is 1.13. The Hall–Kier alpha value is -5.75. The van der Waals surface area contributed by atoms with Crippen molar-refractivity contribution in [1.29, 1.82) is 0 Å². The summed E-state index contributed by atoms with van der Waals surface area (Å²) < 4.78 is 6.17. The Morgan fingerprint density at radius 1 is 0.562 bits per heavy atom. The Kier molecular flexibility index (Phi) is 8.97. The summed E-state index contributed by atoms with van der Waals surface area (Å²) >= 11 is 0. The number of aryl methyl sites for hydroxylation is 5. The second kappa shape index (κ2) is 13.9. The minimum absolute atomic E-state index is 0.515. The van der Waals surface area contributed by atoms with Crippen LogP contribution >= 0.6 is 0 Å². The summed E-state index contributed by atoms with van der Waals surface area (Å²) in [5.41, 5.74) is 13.5. The molecule has 48 heavy (non-hydrogen) atoms. The van der Waals surface area contributed by atoms with Gasteiger partial charge in [-0.1, -0.05) is 73.7 Å². The number of ether oxygens (including phenoxy) is 1. The standard InChI is InChI=1S/C42H39N5O/c1-4-33-25-41(42-39(45-33)22-18-28(2)44-42)47-37-17-11-9-15-32(37)20-19-31-14-8-10-16-36(31)46-40-24-29(3)43-38-23-21-34(26-35(38)40)48-27-30-12-6-5-7-13-30/h5-18,21-26H,4,19-20,27H2,1-3H3,(H,43,46)(H,45,47). The molecule has 0 bridgehead atoms. The van der Waals surface area contributed by atoms with Crippen LogP contribution in [0, 0.1) is 13.8 Å². The molecule has 3 heterocycles. The SMILES string of the molecule is CCc1cc(Nc2ccccc2CCc2ccccc2Nc2cc(C)nc3ccc(OCc4ccccc4)cc23)c2nc(C)ccc2n1. The highest BCUT2D eigenvalue weighted by Crippen LogP contribution is 2.33. The van der Waals surface area contributed by atoms with E-state index in [2.05, 4.69) is 102 Å². The van der Waals surface area contributed by atoms with E-state index in [1.54, 1.807) is 0 Å². The summed E-state index contributed by atoms with van der Waals surface area (Å²) in [6, 6.07) is 41.8. The maximum Gasteiger partial charge on any atom is 0.120 e. The first-order valence-corrected chi connectivity index (χ1v) is 16.6. The molecular weight excluding hydrogens is 590 g/mol. The third-order valence-corrected chi connectivity index (χ3v) is 8.60. The smallest absolute Gasteiger partial charge is 0.120 e. The minimum atomic E-state index is 0.515. The van der Waals surface area contributed by atoms with Gasteiger partial charge in [-0.25, -0.2) is 4.98 Å². The molecule has 2 N–H and O–H groups in total. The maximum absolute atomic E-state index is 6.17. The van der Waals surface area contributed by atoms with E-state index in [1.807, 2.05) is 50.2 Å². The van der Waals surface area contributed by atoms with Crippen LogP contribution in [-0.4, -0.2) is 15.0 Å². The number of nitrogens with zero attached hydrogens (tertiary/aromatic N) is 3. The normalized spacial score (nSPS) is 11.1. The highest BCUT2D eigenvalue weighted by atomic mass is 16.5.